The van der Waals surface area contributed by atoms with Crippen LogP contribution in [0.1, 0.15) is 12.8 Å². The Morgan fingerprint density at radius 1 is 1.46 bits per heavy atom. The molecule has 0 radical (unpaired) electrons. The van der Waals surface area contributed by atoms with Crippen molar-refractivity contribution in [2.75, 3.05) is 13.7 Å². The fraction of sp³-hybridized carbons (Fsp3) is 0.700. The molecule has 2 aliphatic carbocycles. The van der Waals surface area contributed by atoms with Gasteiger partial charge in [-0.25, -0.2) is 4.79 Å². The van der Waals surface area contributed by atoms with Crippen molar-refractivity contribution in [1.29, 1.82) is 0 Å². The summed E-state index contributed by atoms with van der Waals surface area (Å²) < 4.78 is 9.34. The Labute approximate surface area is 77.7 Å². The van der Waals surface area contributed by atoms with Crippen molar-refractivity contribution in [3.63, 3.8) is 0 Å². The average Bonchev–Trinajstić information content (AvgIpc) is 2.74. The smallest absolute Gasteiger partial charge is 0.438 e. The maximum Gasteiger partial charge on any atom is 0.507 e. The fourth-order valence-electron chi connectivity index (χ4n) is 2.32. The molecule has 0 aliphatic heterocycles. The first-order chi connectivity index (χ1) is 6.29. The zero-order chi connectivity index (χ0) is 9.26. The highest BCUT2D eigenvalue weighted by Crippen LogP contribution is 2.43. The molecule has 0 spiro atoms. The summed E-state index contributed by atoms with van der Waals surface area (Å²) in [5.74, 6) is 1.89. The van der Waals surface area contributed by atoms with E-state index in [0.29, 0.717) is 18.4 Å². The van der Waals surface area contributed by atoms with Gasteiger partial charge in [0.25, 0.3) is 0 Å². The third-order valence-corrected chi connectivity index (χ3v) is 3.00. The number of allylic oxidation sites excluding steroid dienone is 2. The van der Waals surface area contributed by atoms with Gasteiger partial charge in [-0.1, -0.05) is 12.2 Å². The van der Waals surface area contributed by atoms with Crippen molar-refractivity contribution in [3.05, 3.63) is 12.2 Å². The Morgan fingerprint density at radius 2 is 2.31 bits per heavy atom. The summed E-state index contributed by atoms with van der Waals surface area (Å²) in [6.07, 6.45) is 6.37. The van der Waals surface area contributed by atoms with E-state index in [0.717, 1.165) is 12.3 Å². The van der Waals surface area contributed by atoms with Gasteiger partial charge in [-0.05, 0) is 24.7 Å². The van der Waals surface area contributed by atoms with E-state index in [2.05, 4.69) is 16.9 Å². The van der Waals surface area contributed by atoms with Crippen LogP contribution in [-0.4, -0.2) is 19.9 Å². The quantitative estimate of drug-likeness (QED) is 0.484. The molecule has 3 atom stereocenters. The van der Waals surface area contributed by atoms with Gasteiger partial charge in [-0.3, -0.25) is 0 Å². The summed E-state index contributed by atoms with van der Waals surface area (Å²) in [6.45, 7) is 0.512. The lowest BCUT2D eigenvalue weighted by Crippen LogP contribution is -2.17. The van der Waals surface area contributed by atoms with Crippen LogP contribution in [0.2, 0.25) is 0 Å². The lowest BCUT2D eigenvalue weighted by molar-refractivity contribution is 0.0565. The summed E-state index contributed by atoms with van der Waals surface area (Å²) in [7, 11) is 1.34. The van der Waals surface area contributed by atoms with Crippen LogP contribution >= 0.6 is 0 Å². The number of carbonyl (C=O) groups is 1. The summed E-state index contributed by atoms with van der Waals surface area (Å²) in [5, 5.41) is 0. The maximum atomic E-state index is 10.7. The van der Waals surface area contributed by atoms with Gasteiger partial charge in [0.2, 0.25) is 0 Å². The van der Waals surface area contributed by atoms with E-state index in [1.165, 1.54) is 13.5 Å². The van der Waals surface area contributed by atoms with Gasteiger partial charge in [-0.2, -0.15) is 0 Å². The zero-order valence-corrected chi connectivity index (χ0v) is 7.73. The van der Waals surface area contributed by atoms with Crippen LogP contribution < -0.4 is 0 Å². The van der Waals surface area contributed by atoms with Crippen LogP contribution in [0.25, 0.3) is 0 Å². The third-order valence-electron chi connectivity index (χ3n) is 3.00. The van der Waals surface area contributed by atoms with E-state index in [-0.39, 0.29) is 0 Å². The molecule has 1 saturated carbocycles. The molecule has 2 rings (SSSR count). The zero-order valence-electron chi connectivity index (χ0n) is 7.73. The lowest BCUT2D eigenvalue weighted by atomic mass is 9.95. The number of hydrogen-bond acceptors (Lipinski definition) is 3. The minimum atomic E-state index is -0.563. The van der Waals surface area contributed by atoms with Gasteiger partial charge in [0.05, 0.1) is 13.7 Å². The molecular weight excluding hydrogens is 168 g/mol. The van der Waals surface area contributed by atoms with E-state index in [1.54, 1.807) is 0 Å². The summed E-state index contributed by atoms with van der Waals surface area (Å²) in [4.78, 5) is 10.7. The number of carbonyl (C=O) groups excluding carboxylic acids is 1. The van der Waals surface area contributed by atoms with E-state index in [9.17, 15) is 4.79 Å². The molecule has 0 heterocycles. The second kappa shape index (κ2) is 3.40. The van der Waals surface area contributed by atoms with E-state index >= 15 is 0 Å². The largest absolute Gasteiger partial charge is 0.507 e. The van der Waals surface area contributed by atoms with Gasteiger partial charge in [0, 0.05) is 5.92 Å². The van der Waals surface area contributed by atoms with Crippen molar-refractivity contribution in [2.24, 2.45) is 17.8 Å². The highest BCUT2D eigenvalue weighted by Gasteiger charge is 2.36. The summed E-state index contributed by atoms with van der Waals surface area (Å²) >= 11 is 0. The van der Waals surface area contributed by atoms with Gasteiger partial charge in [0.1, 0.15) is 0 Å². The van der Waals surface area contributed by atoms with Crippen LogP contribution in [0, 0.1) is 17.8 Å². The number of ether oxygens (including phenoxy) is 2. The van der Waals surface area contributed by atoms with Crippen molar-refractivity contribution in [2.45, 2.75) is 12.8 Å². The molecule has 0 saturated heterocycles. The summed E-state index contributed by atoms with van der Waals surface area (Å²) in [6, 6.07) is 0. The predicted octanol–water partition coefficient (Wildman–Crippen LogP) is 1.98. The van der Waals surface area contributed by atoms with Gasteiger partial charge >= 0.3 is 6.16 Å². The second-order valence-electron chi connectivity index (χ2n) is 3.81. The molecule has 72 valence electrons. The first-order valence-electron chi connectivity index (χ1n) is 4.68. The van der Waals surface area contributed by atoms with Crippen molar-refractivity contribution >= 4 is 6.16 Å². The van der Waals surface area contributed by atoms with E-state index in [1.807, 2.05) is 0 Å². The van der Waals surface area contributed by atoms with Gasteiger partial charge in [0.15, 0.2) is 0 Å². The van der Waals surface area contributed by atoms with Crippen molar-refractivity contribution < 1.29 is 14.3 Å². The molecule has 2 aliphatic rings. The molecule has 1 fully saturated rings. The normalized spacial score (nSPS) is 35.0. The first-order valence-corrected chi connectivity index (χ1v) is 4.68. The molecule has 0 aromatic rings. The molecule has 0 aromatic carbocycles. The molecule has 0 N–H and O–H groups in total. The molecular formula is C10H14O3. The molecule has 0 amide bonds. The summed E-state index contributed by atoms with van der Waals surface area (Å²) in [5.41, 5.74) is 0. The molecule has 0 aromatic heterocycles. The van der Waals surface area contributed by atoms with Crippen LogP contribution in [-0.2, 0) is 9.47 Å². The Balaban J connectivity index is 1.78. The number of rotatable bonds is 2. The molecule has 13 heavy (non-hydrogen) atoms. The minimum absolute atomic E-state index is 0.512. The van der Waals surface area contributed by atoms with Gasteiger partial charge in [-0.15, -0.1) is 0 Å². The molecule has 3 nitrogen and oxygen atoms in total. The predicted molar refractivity (Wildman–Crippen MR) is 47.2 cm³/mol. The second-order valence-corrected chi connectivity index (χ2v) is 3.81. The Morgan fingerprint density at radius 3 is 2.85 bits per heavy atom. The Hall–Kier alpha value is -0.990. The monoisotopic (exact) mass is 182 g/mol. The topological polar surface area (TPSA) is 35.5 Å². The Kier molecular flexibility index (Phi) is 2.25. The Bertz CT molecular complexity index is 234. The molecule has 2 bridgehead atoms. The fourth-order valence-corrected chi connectivity index (χ4v) is 2.32. The highest BCUT2D eigenvalue weighted by atomic mass is 16.7. The van der Waals surface area contributed by atoms with Crippen LogP contribution in [0.3, 0.4) is 0 Å². The lowest BCUT2D eigenvalue weighted by Gasteiger charge is -2.16. The van der Waals surface area contributed by atoms with Crippen LogP contribution in [0.5, 0.6) is 0 Å². The SMILES string of the molecule is COC(=O)OCC1CC2C=CC1C2. The van der Waals surface area contributed by atoms with Crippen molar-refractivity contribution in [1.82, 2.24) is 0 Å². The van der Waals surface area contributed by atoms with Crippen LogP contribution in [0.4, 0.5) is 4.79 Å². The number of hydrogen-bond donors (Lipinski definition) is 0. The average molecular weight is 182 g/mol. The number of fused-ring (bicyclic) bond motifs is 2. The van der Waals surface area contributed by atoms with Crippen molar-refractivity contribution in [3.8, 4) is 0 Å². The number of methoxy groups -OCH3 is 1. The molecule has 3 unspecified atom stereocenters. The van der Waals surface area contributed by atoms with E-state index < -0.39 is 6.16 Å². The standard InChI is InChI=1S/C10H14O3/c1-12-10(11)13-6-9-5-7-2-3-8(9)4-7/h2-3,7-9H,4-6H2,1H3. The van der Waals surface area contributed by atoms with E-state index in [4.69, 9.17) is 4.74 Å². The maximum absolute atomic E-state index is 10.7. The highest BCUT2D eigenvalue weighted by molar-refractivity contribution is 5.59. The third kappa shape index (κ3) is 1.69. The first kappa shape index (κ1) is 8.60. The minimum Gasteiger partial charge on any atom is -0.438 e. The molecule has 3 heteroatoms. The van der Waals surface area contributed by atoms with Gasteiger partial charge < -0.3 is 9.47 Å². The van der Waals surface area contributed by atoms with Crippen LogP contribution in [0.15, 0.2) is 12.2 Å².